The van der Waals surface area contributed by atoms with E-state index in [1.54, 1.807) is 10.9 Å². The van der Waals surface area contributed by atoms with Crippen LogP contribution in [0.1, 0.15) is 71.9 Å². The number of anilines is 1. The first-order chi connectivity index (χ1) is 18.3. The Morgan fingerprint density at radius 1 is 1.08 bits per heavy atom. The molecule has 1 amide bonds. The maximum Gasteiger partial charge on any atom is 0.306 e. The van der Waals surface area contributed by atoms with Crippen LogP contribution in [0.2, 0.25) is 0 Å². The first kappa shape index (κ1) is 24.8. The SMILES string of the molecule is Cc1ccnc(N2CCC2)c1C(=O)n1nc(C2=CCC(C(=O)O)CC2)c2c1CC(C(=O)N1CC(C)C1)CC2. The molecule has 2 atom stereocenters. The molecule has 0 spiro atoms. The van der Waals surface area contributed by atoms with E-state index in [9.17, 15) is 19.5 Å². The van der Waals surface area contributed by atoms with Crippen molar-refractivity contribution in [3.05, 3.63) is 46.4 Å². The molecule has 2 unspecified atom stereocenters. The van der Waals surface area contributed by atoms with Crippen LogP contribution in [-0.2, 0) is 22.4 Å². The summed E-state index contributed by atoms with van der Waals surface area (Å²) < 4.78 is 1.54. The van der Waals surface area contributed by atoms with Crippen molar-refractivity contribution in [2.75, 3.05) is 31.1 Å². The molecule has 9 nitrogen and oxygen atoms in total. The molecule has 2 aliphatic heterocycles. The number of rotatable bonds is 5. The number of aliphatic carboxylic acids is 1. The predicted molar refractivity (Wildman–Crippen MR) is 142 cm³/mol. The Morgan fingerprint density at radius 3 is 2.47 bits per heavy atom. The van der Waals surface area contributed by atoms with Crippen LogP contribution in [0.3, 0.4) is 0 Å². The van der Waals surface area contributed by atoms with Gasteiger partial charge in [0.25, 0.3) is 5.91 Å². The van der Waals surface area contributed by atoms with Gasteiger partial charge in [0.15, 0.2) is 0 Å². The Kier molecular flexibility index (Phi) is 6.32. The minimum atomic E-state index is -0.768. The number of pyridine rings is 1. The van der Waals surface area contributed by atoms with Gasteiger partial charge in [0.2, 0.25) is 5.91 Å². The van der Waals surface area contributed by atoms with Gasteiger partial charge in [-0.25, -0.2) is 4.98 Å². The molecule has 6 rings (SSSR count). The van der Waals surface area contributed by atoms with Gasteiger partial charge in [0.05, 0.1) is 22.9 Å². The minimum Gasteiger partial charge on any atom is -0.481 e. The molecule has 0 saturated carbocycles. The number of allylic oxidation sites excluding steroid dienone is 2. The van der Waals surface area contributed by atoms with E-state index in [-0.39, 0.29) is 23.7 Å². The number of hydrogen-bond acceptors (Lipinski definition) is 6. The first-order valence-corrected chi connectivity index (χ1v) is 13.9. The smallest absolute Gasteiger partial charge is 0.306 e. The van der Waals surface area contributed by atoms with Crippen LogP contribution in [0.15, 0.2) is 18.3 Å². The number of aromatic nitrogens is 3. The molecular formula is C29H35N5O4. The molecule has 4 aliphatic rings. The topological polar surface area (TPSA) is 109 Å². The number of amides is 1. The molecule has 2 aromatic heterocycles. The number of fused-ring (bicyclic) bond motifs is 1. The molecule has 0 radical (unpaired) electrons. The fraction of sp³-hybridized carbons (Fsp3) is 0.552. The maximum absolute atomic E-state index is 14.2. The number of carboxylic acid groups (broad SMARTS) is 1. The number of carboxylic acids is 1. The third-order valence-corrected chi connectivity index (χ3v) is 8.76. The molecule has 1 N–H and O–H groups in total. The van der Waals surface area contributed by atoms with E-state index < -0.39 is 5.97 Å². The number of carbonyl (C=O) groups is 3. The summed E-state index contributed by atoms with van der Waals surface area (Å²) in [6, 6.07) is 1.86. The molecule has 0 bridgehead atoms. The van der Waals surface area contributed by atoms with Crippen LogP contribution in [0, 0.1) is 24.7 Å². The summed E-state index contributed by atoms with van der Waals surface area (Å²) in [7, 11) is 0. The van der Waals surface area contributed by atoms with Gasteiger partial charge in [0.1, 0.15) is 5.82 Å². The first-order valence-electron chi connectivity index (χ1n) is 13.9. The Morgan fingerprint density at radius 2 is 1.84 bits per heavy atom. The number of carbonyl (C=O) groups excluding carboxylic acids is 2. The number of hydrogen-bond donors (Lipinski definition) is 1. The van der Waals surface area contributed by atoms with E-state index in [4.69, 9.17) is 5.10 Å². The zero-order valence-electron chi connectivity index (χ0n) is 22.2. The standard InChI is InChI=1S/C29H35N5O4/c1-17-15-33(16-17)27(35)21-8-9-22-23(14-21)34(31-25(22)19-4-6-20(7-5-19)29(37)38)28(36)24-18(2)10-11-30-26(24)32-12-3-13-32/h4,10-11,17,20-21H,3,5-9,12-16H2,1-2H3,(H,37,38). The molecule has 2 aliphatic carbocycles. The average Bonchev–Trinajstić information content (AvgIpc) is 3.24. The summed E-state index contributed by atoms with van der Waals surface area (Å²) in [4.78, 5) is 47.6. The maximum atomic E-state index is 14.2. The number of aryl methyl sites for hydroxylation is 1. The molecular weight excluding hydrogens is 482 g/mol. The van der Waals surface area contributed by atoms with E-state index in [0.29, 0.717) is 49.4 Å². The van der Waals surface area contributed by atoms with Gasteiger partial charge in [-0.2, -0.15) is 9.78 Å². The molecule has 2 aromatic rings. The Hall–Kier alpha value is -3.49. The van der Waals surface area contributed by atoms with E-state index in [2.05, 4.69) is 16.8 Å². The van der Waals surface area contributed by atoms with E-state index >= 15 is 0 Å². The molecule has 9 heteroatoms. The quantitative estimate of drug-likeness (QED) is 0.648. The van der Waals surface area contributed by atoms with Crippen LogP contribution < -0.4 is 4.90 Å². The van der Waals surface area contributed by atoms with Gasteiger partial charge in [-0.3, -0.25) is 14.4 Å². The summed E-state index contributed by atoms with van der Waals surface area (Å²) in [5, 5.41) is 14.4. The third kappa shape index (κ3) is 4.22. The fourth-order valence-electron chi connectivity index (χ4n) is 6.34. The lowest BCUT2D eigenvalue weighted by Gasteiger charge is -2.40. The van der Waals surface area contributed by atoms with Crippen LogP contribution in [0.4, 0.5) is 5.82 Å². The van der Waals surface area contributed by atoms with E-state index in [1.165, 1.54) is 0 Å². The van der Waals surface area contributed by atoms with E-state index in [0.717, 1.165) is 67.1 Å². The van der Waals surface area contributed by atoms with Crippen molar-refractivity contribution in [1.29, 1.82) is 0 Å². The van der Waals surface area contributed by atoms with Crippen molar-refractivity contribution in [3.8, 4) is 0 Å². The summed E-state index contributed by atoms with van der Waals surface area (Å²) >= 11 is 0. The van der Waals surface area contributed by atoms with Crippen molar-refractivity contribution in [2.24, 2.45) is 17.8 Å². The van der Waals surface area contributed by atoms with Gasteiger partial charge in [-0.1, -0.05) is 13.0 Å². The summed E-state index contributed by atoms with van der Waals surface area (Å²) in [5.41, 5.74) is 5.09. The molecule has 0 aromatic carbocycles. The van der Waals surface area contributed by atoms with Crippen LogP contribution >= 0.6 is 0 Å². The number of likely N-dealkylation sites (tertiary alicyclic amines) is 1. The van der Waals surface area contributed by atoms with Crippen LogP contribution in [0.25, 0.3) is 5.57 Å². The highest BCUT2D eigenvalue weighted by atomic mass is 16.4. The van der Waals surface area contributed by atoms with Crippen molar-refractivity contribution in [1.82, 2.24) is 19.7 Å². The van der Waals surface area contributed by atoms with Crippen molar-refractivity contribution in [2.45, 2.75) is 58.8 Å². The van der Waals surface area contributed by atoms with Crippen molar-refractivity contribution >= 4 is 29.2 Å². The molecule has 38 heavy (non-hydrogen) atoms. The third-order valence-electron chi connectivity index (χ3n) is 8.76. The van der Waals surface area contributed by atoms with E-state index in [1.807, 2.05) is 24.0 Å². The highest BCUT2D eigenvalue weighted by Gasteiger charge is 2.38. The fourth-order valence-corrected chi connectivity index (χ4v) is 6.34. The second-order valence-corrected chi connectivity index (χ2v) is 11.5. The summed E-state index contributed by atoms with van der Waals surface area (Å²) in [6.07, 6.45) is 8.37. The molecule has 2 saturated heterocycles. The summed E-state index contributed by atoms with van der Waals surface area (Å²) in [6.45, 7) is 7.45. The number of nitrogens with zero attached hydrogens (tertiary/aromatic N) is 5. The molecule has 4 heterocycles. The lowest BCUT2D eigenvalue weighted by Crippen LogP contribution is -2.51. The highest BCUT2D eigenvalue weighted by molar-refractivity contribution is 6.02. The monoisotopic (exact) mass is 517 g/mol. The second kappa shape index (κ2) is 9.67. The van der Waals surface area contributed by atoms with Crippen LogP contribution in [0.5, 0.6) is 0 Å². The largest absolute Gasteiger partial charge is 0.481 e. The highest BCUT2D eigenvalue weighted by Crippen LogP contribution is 2.38. The van der Waals surface area contributed by atoms with Crippen molar-refractivity contribution in [3.63, 3.8) is 0 Å². The zero-order valence-corrected chi connectivity index (χ0v) is 22.2. The lowest BCUT2D eigenvalue weighted by molar-refractivity contribution is -0.142. The molecule has 200 valence electrons. The van der Waals surface area contributed by atoms with Crippen LogP contribution in [-0.4, -0.2) is 68.7 Å². The Labute approximate surface area is 222 Å². The Bertz CT molecular complexity index is 1330. The molecule has 2 fully saturated rings. The average molecular weight is 518 g/mol. The van der Waals surface area contributed by atoms with Gasteiger partial charge < -0.3 is 14.9 Å². The van der Waals surface area contributed by atoms with Gasteiger partial charge >= 0.3 is 5.97 Å². The van der Waals surface area contributed by atoms with Gasteiger partial charge in [0, 0.05) is 50.3 Å². The van der Waals surface area contributed by atoms with Crippen molar-refractivity contribution < 1.29 is 19.5 Å². The minimum absolute atomic E-state index is 0.160. The van der Waals surface area contributed by atoms with Gasteiger partial charge in [-0.15, -0.1) is 0 Å². The Balaban J connectivity index is 1.39. The lowest BCUT2D eigenvalue weighted by atomic mass is 9.81. The normalized spacial score (nSPS) is 23.3. The van der Waals surface area contributed by atoms with Gasteiger partial charge in [-0.05, 0) is 68.6 Å². The zero-order chi connectivity index (χ0) is 26.6. The summed E-state index contributed by atoms with van der Waals surface area (Å²) in [5.74, 6) is -0.0929. The predicted octanol–water partition coefficient (Wildman–Crippen LogP) is 3.34. The second-order valence-electron chi connectivity index (χ2n) is 11.5.